The average Bonchev–Trinajstić information content (AvgIpc) is 3.11. The lowest BCUT2D eigenvalue weighted by Crippen LogP contribution is -2.54. The number of aromatic nitrogens is 1. The van der Waals surface area contributed by atoms with Gasteiger partial charge in [-0.1, -0.05) is 44.2 Å². The van der Waals surface area contributed by atoms with E-state index in [1.165, 1.54) is 0 Å². The zero-order valence-electron chi connectivity index (χ0n) is 18.0. The standard InChI is InChI=1S/C24H28N4O3/c1-23(2)13-24(15-29)14-27(12-19(23)24)22(31)17-8-18-21(25-9-17)26-10-20(30)28(18)11-16-6-4-3-5-7-16/h3-9,19,29H,10-15H2,1-2H3,(H,25,26)/t19-,24-/m1/s1. The number of anilines is 2. The van der Waals surface area contributed by atoms with E-state index >= 15 is 0 Å². The second kappa shape index (κ2) is 7.05. The lowest BCUT2D eigenvalue weighted by molar-refractivity contribution is -0.117. The predicted molar refractivity (Wildman–Crippen MR) is 118 cm³/mol. The van der Waals surface area contributed by atoms with E-state index < -0.39 is 0 Å². The first-order chi connectivity index (χ1) is 14.8. The van der Waals surface area contributed by atoms with Crippen molar-refractivity contribution in [1.82, 2.24) is 9.88 Å². The van der Waals surface area contributed by atoms with Gasteiger partial charge in [-0.3, -0.25) is 9.59 Å². The van der Waals surface area contributed by atoms with E-state index in [4.69, 9.17) is 0 Å². The van der Waals surface area contributed by atoms with Gasteiger partial charge in [-0.25, -0.2) is 4.98 Å². The molecule has 1 aromatic carbocycles. The third kappa shape index (κ3) is 3.19. The number of aliphatic hydroxyl groups is 1. The Labute approximate surface area is 182 Å². The Morgan fingerprint density at radius 1 is 1.29 bits per heavy atom. The van der Waals surface area contributed by atoms with Crippen LogP contribution in [0.4, 0.5) is 11.5 Å². The van der Waals surface area contributed by atoms with Crippen LogP contribution in [0.2, 0.25) is 0 Å². The zero-order valence-corrected chi connectivity index (χ0v) is 18.0. The summed E-state index contributed by atoms with van der Waals surface area (Å²) in [6.45, 7) is 6.35. The van der Waals surface area contributed by atoms with Gasteiger partial charge in [0.15, 0.2) is 5.82 Å². The molecule has 5 rings (SSSR count). The molecule has 0 radical (unpaired) electrons. The summed E-state index contributed by atoms with van der Waals surface area (Å²) in [5.74, 6) is 0.771. The van der Waals surface area contributed by atoms with Crippen LogP contribution in [0.3, 0.4) is 0 Å². The summed E-state index contributed by atoms with van der Waals surface area (Å²) >= 11 is 0. The third-order valence-corrected chi connectivity index (χ3v) is 7.30. The van der Waals surface area contributed by atoms with E-state index in [2.05, 4.69) is 24.1 Å². The Bertz CT molecular complexity index is 1040. The zero-order chi connectivity index (χ0) is 21.8. The van der Waals surface area contributed by atoms with Crippen LogP contribution in [0.5, 0.6) is 0 Å². The molecular formula is C24H28N4O3. The highest BCUT2D eigenvalue weighted by Gasteiger charge is 2.63. The molecule has 162 valence electrons. The molecule has 0 spiro atoms. The van der Waals surface area contributed by atoms with Crippen molar-refractivity contribution < 1.29 is 14.7 Å². The number of amides is 2. The Kier molecular flexibility index (Phi) is 4.55. The number of benzene rings is 1. The van der Waals surface area contributed by atoms with Crippen molar-refractivity contribution in [3.8, 4) is 0 Å². The molecular weight excluding hydrogens is 392 g/mol. The van der Waals surface area contributed by atoms with Crippen LogP contribution in [0.1, 0.15) is 36.2 Å². The molecule has 2 atom stereocenters. The monoisotopic (exact) mass is 420 g/mol. The van der Waals surface area contributed by atoms with Gasteiger partial charge >= 0.3 is 0 Å². The molecule has 0 unspecified atom stereocenters. The van der Waals surface area contributed by atoms with Crippen molar-refractivity contribution >= 4 is 23.3 Å². The van der Waals surface area contributed by atoms with Gasteiger partial charge in [-0.2, -0.15) is 0 Å². The summed E-state index contributed by atoms with van der Waals surface area (Å²) in [7, 11) is 0. The highest BCUT2D eigenvalue weighted by Crippen LogP contribution is 2.62. The highest BCUT2D eigenvalue weighted by atomic mass is 16.3. The SMILES string of the molecule is CC1(C)C[C@]2(CO)CN(C(=O)c3cnc4c(c3)N(Cc3ccccc3)C(=O)CN4)C[C@H]12. The van der Waals surface area contributed by atoms with Gasteiger partial charge in [0.05, 0.1) is 30.9 Å². The van der Waals surface area contributed by atoms with Crippen molar-refractivity contribution in [1.29, 1.82) is 0 Å². The van der Waals surface area contributed by atoms with Crippen molar-refractivity contribution in [2.45, 2.75) is 26.8 Å². The fourth-order valence-corrected chi connectivity index (χ4v) is 5.92. The van der Waals surface area contributed by atoms with E-state index in [0.717, 1.165) is 12.0 Å². The summed E-state index contributed by atoms with van der Waals surface area (Å²) in [6.07, 6.45) is 2.51. The van der Waals surface area contributed by atoms with Gasteiger partial charge in [0.2, 0.25) is 5.91 Å². The smallest absolute Gasteiger partial charge is 0.255 e. The summed E-state index contributed by atoms with van der Waals surface area (Å²) in [5.41, 5.74) is 2.07. The maximum Gasteiger partial charge on any atom is 0.255 e. The predicted octanol–water partition coefficient (Wildman–Crippen LogP) is 2.52. The number of hydrogen-bond acceptors (Lipinski definition) is 5. The molecule has 2 fully saturated rings. The summed E-state index contributed by atoms with van der Waals surface area (Å²) < 4.78 is 0. The fraction of sp³-hybridized carbons (Fsp3) is 0.458. The lowest BCUT2D eigenvalue weighted by atomic mass is 9.48. The number of likely N-dealkylation sites (tertiary alicyclic amines) is 1. The normalized spacial score (nSPS) is 26.0. The van der Waals surface area contributed by atoms with Gasteiger partial charge in [-0.15, -0.1) is 0 Å². The molecule has 1 aromatic heterocycles. The number of hydrogen-bond donors (Lipinski definition) is 2. The third-order valence-electron chi connectivity index (χ3n) is 7.30. The van der Waals surface area contributed by atoms with E-state index in [0.29, 0.717) is 42.6 Å². The number of nitrogens with one attached hydrogen (secondary N) is 1. The molecule has 1 saturated carbocycles. The Morgan fingerprint density at radius 2 is 2.06 bits per heavy atom. The van der Waals surface area contributed by atoms with Crippen LogP contribution in [0.25, 0.3) is 0 Å². The van der Waals surface area contributed by atoms with Crippen molar-refractivity contribution in [3.05, 3.63) is 53.7 Å². The average molecular weight is 421 g/mol. The highest BCUT2D eigenvalue weighted by molar-refractivity contribution is 6.04. The van der Waals surface area contributed by atoms with Crippen LogP contribution >= 0.6 is 0 Å². The van der Waals surface area contributed by atoms with Gasteiger partial charge in [-0.05, 0) is 29.4 Å². The molecule has 3 aliphatic rings. The van der Waals surface area contributed by atoms with E-state index in [9.17, 15) is 14.7 Å². The Balaban J connectivity index is 1.42. The van der Waals surface area contributed by atoms with Crippen LogP contribution in [0, 0.1) is 16.7 Å². The maximum absolute atomic E-state index is 13.3. The molecule has 7 nitrogen and oxygen atoms in total. The molecule has 7 heteroatoms. The molecule has 1 aliphatic carbocycles. The Hall–Kier alpha value is -2.93. The van der Waals surface area contributed by atoms with Gasteiger partial charge in [0.25, 0.3) is 5.91 Å². The first-order valence-corrected chi connectivity index (χ1v) is 10.8. The van der Waals surface area contributed by atoms with Crippen molar-refractivity contribution in [3.63, 3.8) is 0 Å². The second-order valence-electron chi connectivity index (χ2n) is 9.83. The van der Waals surface area contributed by atoms with Crippen LogP contribution < -0.4 is 10.2 Å². The lowest BCUT2D eigenvalue weighted by Gasteiger charge is -2.55. The minimum absolute atomic E-state index is 0.0528. The molecule has 2 aliphatic heterocycles. The topological polar surface area (TPSA) is 85.8 Å². The van der Waals surface area contributed by atoms with Crippen LogP contribution in [-0.4, -0.2) is 53.0 Å². The van der Waals surface area contributed by atoms with Gasteiger partial charge in [0.1, 0.15) is 0 Å². The van der Waals surface area contributed by atoms with Crippen LogP contribution in [-0.2, 0) is 11.3 Å². The number of fused-ring (bicyclic) bond motifs is 2. The summed E-state index contributed by atoms with van der Waals surface area (Å²) in [5, 5.41) is 13.1. The molecule has 2 amide bonds. The molecule has 2 N–H and O–H groups in total. The minimum atomic E-state index is -0.183. The molecule has 0 bridgehead atoms. The van der Waals surface area contributed by atoms with Crippen molar-refractivity contribution in [2.75, 3.05) is 36.5 Å². The number of nitrogens with zero attached hydrogens (tertiary/aromatic N) is 3. The number of aliphatic hydroxyl groups excluding tert-OH is 1. The molecule has 2 aromatic rings. The summed E-state index contributed by atoms with van der Waals surface area (Å²) in [4.78, 5) is 34.0. The maximum atomic E-state index is 13.3. The molecule has 1 saturated heterocycles. The first kappa shape index (κ1) is 20.0. The number of carbonyl (C=O) groups is 2. The molecule has 31 heavy (non-hydrogen) atoms. The quantitative estimate of drug-likeness (QED) is 0.794. The van der Waals surface area contributed by atoms with Crippen LogP contribution in [0.15, 0.2) is 42.6 Å². The second-order valence-corrected chi connectivity index (χ2v) is 9.83. The fourth-order valence-electron chi connectivity index (χ4n) is 5.92. The minimum Gasteiger partial charge on any atom is -0.396 e. The van der Waals surface area contributed by atoms with E-state index in [1.54, 1.807) is 17.2 Å². The van der Waals surface area contributed by atoms with E-state index in [1.807, 2.05) is 35.2 Å². The number of rotatable bonds is 4. The summed E-state index contributed by atoms with van der Waals surface area (Å²) in [6, 6.07) is 11.6. The van der Waals surface area contributed by atoms with Crippen molar-refractivity contribution in [2.24, 2.45) is 16.7 Å². The van der Waals surface area contributed by atoms with Gasteiger partial charge < -0.3 is 20.2 Å². The number of carbonyl (C=O) groups excluding carboxylic acids is 2. The Morgan fingerprint density at radius 3 is 2.74 bits per heavy atom. The first-order valence-electron chi connectivity index (χ1n) is 10.8. The van der Waals surface area contributed by atoms with E-state index in [-0.39, 0.29) is 35.8 Å². The molecule has 3 heterocycles. The largest absolute Gasteiger partial charge is 0.396 e. The number of pyridine rings is 1. The van der Waals surface area contributed by atoms with Gasteiger partial charge in [0, 0.05) is 24.7 Å².